The molecule has 6 nitrogen and oxygen atoms in total. The van der Waals surface area contributed by atoms with Gasteiger partial charge in [0.05, 0.1) is 0 Å². The van der Waals surface area contributed by atoms with Crippen LogP contribution >= 0.6 is 0 Å². The normalized spacial score (nSPS) is 13.2. The highest BCUT2D eigenvalue weighted by molar-refractivity contribution is 5.71. The molecule has 0 saturated heterocycles. The summed E-state index contributed by atoms with van der Waals surface area (Å²) in [4.78, 5) is 37.9. The molecular formula is C66H104O6. The molecule has 0 aliphatic heterocycles. The third-order valence-electron chi connectivity index (χ3n) is 11.6. The molecule has 404 valence electrons. The third kappa shape index (κ3) is 56.2. The molecule has 0 aliphatic carbocycles. The van der Waals surface area contributed by atoms with Crippen molar-refractivity contribution in [3.8, 4) is 0 Å². The summed E-state index contributed by atoms with van der Waals surface area (Å²) in [5, 5.41) is 0. The predicted molar refractivity (Wildman–Crippen MR) is 311 cm³/mol. The van der Waals surface area contributed by atoms with Crippen LogP contribution in [0.5, 0.6) is 0 Å². The lowest BCUT2D eigenvalue weighted by Gasteiger charge is -2.18. The van der Waals surface area contributed by atoms with Crippen molar-refractivity contribution < 1.29 is 28.6 Å². The van der Waals surface area contributed by atoms with Crippen LogP contribution in [0.4, 0.5) is 0 Å². The molecule has 6 heteroatoms. The van der Waals surface area contributed by atoms with E-state index in [4.69, 9.17) is 14.2 Å². The van der Waals surface area contributed by atoms with E-state index < -0.39 is 6.10 Å². The molecule has 1 unspecified atom stereocenters. The summed E-state index contributed by atoms with van der Waals surface area (Å²) < 4.78 is 16.7. The highest BCUT2D eigenvalue weighted by Gasteiger charge is 2.19. The van der Waals surface area contributed by atoms with Gasteiger partial charge in [0.1, 0.15) is 13.2 Å². The van der Waals surface area contributed by atoms with Crippen LogP contribution < -0.4 is 0 Å². The number of carbonyl (C=O) groups excluding carboxylic acids is 3. The van der Waals surface area contributed by atoms with E-state index in [1.807, 2.05) is 0 Å². The second kappa shape index (κ2) is 58.9. The molecule has 0 radical (unpaired) electrons. The minimum Gasteiger partial charge on any atom is -0.462 e. The smallest absolute Gasteiger partial charge is 0.306 e. The second-order valence-corrected chi connectivity index (χ2v) is 18.4. The van der Waals surface area contributed by atoms with Gasteiger partial charge in [-0.25, -0.2) is 0 Å². The molecule has 0 aliphatic rings. The highest BCUT2D eigenvalue weighted by atomic mass is 16.6. The molecule has 0 N–H and O–H groups in total. The van der Waals surface area contributed by atoms with Gasteiger partial charge in [0, 0.05) is 19.3 Å². The first-order valence-corrected chi connectivity index (χ1v) is 28.8. The molecular weight excluding hydrogens is 889 g/mol. The Balaban J connectivity index is 4.28. The number of esters is 3. The minimum atomic E-state index is -0.809. The van der Waals surface area contributed by atoms with Crippen molar-refractivity contribution in [2.24, 2.45) is 0 Å². The number of rotatable bonds is 50. The van der Waals surface area contributed by atoms with E-state index >= 15 is 0 Å². The SMILES string of the molecule is CC/C=C\C/C=C\C/C=C\C/C=C\C/C=C\C/C=C\C/C=C\C/C=C\CCCCCCCCC(=O)OCC(COC(=O)CCCCCCCCCC)OC(=O)CCCC/C=C\C/C=C\C/C=C\C/C=C\CC. The molecule has 0 aromatic rings. The maximum atomic E-state index is 12.8. The number of hydrogen-bond donors (Lipinski definition) is 0. The molecule has 0 bridgehead atoms. The van der Waals surface area contributed by atoms with Crippen molar-refractivity contribution in [1.82, 2.24) is 0 Å². The van der Waals surface area contributed by atoms with Gasteiger partial charge >= 0.3 is 17.9 Å². The zero-order valence-corrected chi connectivity index (χ0v) is 46.1. The molecule has 0 amide bonds. The number of carbonyl (C=O) groups is 3. The van der Waals surface area contributed by atoms with Gasteiger partial charge < -0.3 is 14.2 Å². The van der Waals surface area contributed by atoms with Crippen molar-refractivity contribution in [2.45, 2.75) is 239 Å². The van der Waals surface area contributed by atoms with Gasteiger partial charge in [-0.05, 0) is 122 Å². The van der Waals surface area contributed by atoms with Gasteiger partial charge in [-0.2, -0.15) is 0 Å². The number of ether oxygens (including phenoxy) is 3. The van der Waals surface area contributed by atoms with Crippen molar-refractivity contribution in [3.63, 3.8) is 0 Å². The zero-order chi connectivity index (χ0) is 52.2. The third-order valence-corrected chi connectivity index (χ3v) is 11.6. The fourth-order valence-corrected chi connectivity index (χ4v) is 7.33. The summed E-state index contributed by atoms with van der Waals surface area (Å²) in [6, 6.07) is 0. The molecule has 1 atom stereocenters. The Morgan fingerprint density at radius 3 is 0.875 bits per heavy atom. The zero-order valence-electron chi connectivity index (χ0n) is 46.1. The van der Waals surface area contributed by atoms with Crippen molar-refractivity contribution in [3.05, 3.63) is 146 Å². The van der Waals surface area contributed by atoms with Crippen LogP contribution in [0.3, 0.4) is 0 Å². The lowest BCUT2D eigenvalue weighted by atomic mass is 10.1. The van der Waals surface area contributed by atoms with Crippen LogP contribution in [-0.2, 0) is 28.6 Å². The molecule has 0 aromatic carbocycles. The van der Waals surface area contributed by atoms with Crippen LogP contribution in [0.15, 0.2) is 146 Å². The second-order valence-electron chi connectivity index (χ2n) is 18.4. The van der Waals surface area contributed by atoms with Crippen LogP contribution in [0.25, 0.3) is 0 Å². The highest BCUT2D eigenvalue weighted by Crippen LogP contribution is 2.13. The molecule has 0 rings (SSSR count). The van der Waals surface area contributed by atoms with Crippen LogP contribution in [-0.4, -0.2) is 37.2 Å². The standard InChI is InChI=1S/C66H104O6/c1-4-7-10-13-16-19-21-23-25-26-27-28-29-30-31-32-33-34-35-36-37-38-39-40-42-43-45-47-50-53-56-59-65(68)71-62-63(61-70-64(67)58-55-52-49-18-15-12-9-6-3)72-66(69)60-57-54-51-48-46-44-41-24-22-20-17-14-11-8-5-2/h7-8,10-11,16-17,19-20,23-25,27-28,30-31,33-34,36-37,39-41,46,48,63H,4-6,9,12-15,18,21-22,26,29,32,35,38,42-45,47,49-62H2,1-3H3/b10-7-,11-8-,19-16-,20-17-,25-23-,28-27-,31-30-,34-33-,37-36-,40-39-,41-24-,48-46-. The van der Waals surface area contributed by atoms with Crippen molar-refractivity contribution in [2.75, 3.05) is 13.2 Å². The van der Waals surface area contributed by atoms with E-state index in [-0.39, 0.29) is 37.5 Å². The first kappa shape index (κ1) is 67.3. The molecule has 0 heterocycles. The van der Waals surface area contributed by atoms with Gasteiger partial charge in [-0.15, -0.1) is 0 Å². The van der Waals surface area contributed by atoms with Crippen molar-refractivity contribution >= 4 is 17.9 Å². The Hall–Kier alpha value is -4.71. The Kier molecular flexibility index (Phi) is 55.0. The van der Waals surface area contributed by atoms with E-state index in [0.717, 1.165) is 141 Å². The quantitative estimate of drug-likeness (QED) is 0.0261. The lowest BCUT2D eigenvalue weighted by molar-refractivity contribution is -0.167. The molecule has 0 spiro atoms. The maximum Gasteiger partial charge on any atom is 0.306 e. The van der Waals surface area contributed by atoms with Gasteiger partial charge in [0.2, 0.25) is 0 Å². The number of hydrogen-bond acceptors (Lipinski definition) is 6. The summed E-state index contributed by atoms with van der Waals surface area (Å²) in [6.45, 7) is 6.31. The summed E-state index contributed by atoms with van der Waals surface area (Å²) in [6.07, 6.45) is 84.3. The lowest BCUT2D eigenvalue weighted by Crippen LogP contribution is -2.30. The number of allylic oxidation sites excluding steroid dienone is 24. The molecule has 72 heavy (non-hydrogen) atoms. The van der Waals surface area contributed by atoms with Gasteiger partial charge in [0.15, 0.2) is 6.10 Å². The Labute approximate surface area is 442 Å². The van der Waals surface area contributed by atoms with Gasteiger partial charge in [-0.3, -0.25) is 14.4 Å². The monoisotopic (exact) mass is 993 g/mol. The average molecular weight is 994 g/mol. The molecule has 0 aromatic heterocycles. The fourth-order valence-electron chi connectivity index (χ4n) is 7.33. The van der Waals surface area contributed by atoms with Gasteiger partial charge in [-0.1, -0.05) is 237 Å². The molecule has 0 saturated carbocycles. The first-order chi connectivity index (χ1) is 35.5. The summed E-state index contributed by atoms with van der Waals surface area (Å²) in [5.74, 6) is -0.973. The van der Waals surface area contributed by atoms with E-state index in [9.17, 15) is 14.4 Å². The Morgan fingerprint density at radius 2 is 0.542 bits per heavy atom. The predicted octanol–water partition coefficient (Wildman–Crippen LogP) is 19.6. The van der Waals surface area contributed by atoms with E-state index in [0.29, 0.717) is 19.3 Å². The number of unbranched alkanes of at least 4 members (excludes halogenated alkanes) is 15. The Bertz CT molecular complexity index is 1610. The first-order valence-electron chi connectivity index (χ1n) is 28.8. The van der Waals surface area contributed by atoms with E-state index in [1.54, 1.807) is 0 Å². The van der Waals surface area contributed by atoms with Crippen LogP contribution in [0.1, 0.15) is 233 Å². The van der Waals surface area contributed by atoms with Crippen LogP contribution in [0, 0.1) is 0 Å². The summed E-state index contributed by atoms with van der Waals surface area (Å²) >= 11 is 0. The Morgan fingerprint density at radius 1 is 0.292 bits per heavy atom. The van der Waals surface area contributed by atoms with Gasteiger partial charge in [0.25, 0.3) is 0 Å². The summed E-state index contributed by atoms with van der Waals surface area (Å²) in [7, 11) is 0. The fraction of sp³-hybridized carbons (Fsp3) is 0.591. The van der Waals surface area contributed by atoms with E-state index in [1.165, 1.54) is 44.9 Å². The average Bonchev–Trinajstić information content (AvgIpc) is 3.38. The van der Waals surface area contributed by atoms with Crippen molar-refractivity contribution in [1.29, 1.82) is 0 Å². The topological polar surface area (TPSA) is 78.9 Å². The molecule has 0 fully saturated rings. The maximum absolute atomic E-state index is 12.8. The largest absolute Gasteiger partial charge is 0.462 e. The van der Waals surface area contributed by atoms with Crippen LogP contribution in [0.2, 0.25) is 0 Å². The van der Waals surface area contributed by atoms with E-state index in [2.05, 4.69) is 167 Å². The minimum absolute atomic E-state index is 0.103. The summed E-state index contributed by atoms with van der Waals surface area (Å²) in [5.41, 5.74) is 0.